The molecule has 2 nitrogen and oxygen atoms in total. The zero-order valence-electron chi connectivity index (χ0n) is 12.3. The predicted octanol–water partition coefficient (Wildman–Crippen LogP) is 5.10. The molecule has 4 aromatic rings. The molecule has 0 saturated heterocycles. The number of hydrogen-bond donors (Lipinski definition) is 0. The van der Waals surface area contributed by atoms with Crippen LogP contribution in [-0.4, -0.2) is 9.97 Å². The fraction of sp³-hybridized carbons (Fsp3) is 0. The molecular weight excluding hydrogens is 287 g/mol. The number of hydrogen-bond acceptors (Lipinski definition) is 2. The van der Waals surface area contributed by atoms with E-state index in [2.05, 4.69) is 4.98 Å². The average Bonchev–Trinajstić information content (AvgIpc) is 2.62. The minimum absolute atomic E-state index is 0.266. The Kier molecular flexibility index (Phi) is 3.31. The van der Waals surface area contributed by atoms with E-state index in [9.17, 15) is 4.39 Å². The van der Waals surface area contributed by atoms with Gasteiger partial charge in [0.2, 0.25) is 0 Å². The quantitative estimate of drug-likeness (QED) is 0.514. The summed E-state index contributed by atoms with van der Waals surface area (Å²) in [5.41, 5.74) is 3.60. The first-order chi connectivity index (χ1) is 11.3. The van der Waals surface area contributed by atoms with Gasteiger partial charge in [-0.05, 0) is 30.3 Å². The Hall–Kier alpha value is -3.07. The minimum atomic E-state index is -0.266. The summed E-state index contributed by atoms with van der Waals surface area (Å²) < 4.78 is 13.2. The molecule has 0 aliphatic carbocycles. The first-order valence-electron chi connectivity index (χ1n) is 7.39. The van der Waals surface area contributed by atoms with Crippen LogP contribution >= 0.6 is 0 Å². The van der Waals surface area contributed by atoms with Gasteiger partial charge in [0.15, 0.2) is 5.82 Å². The smallest absolute Gasteiger partial charge is 0.160 e. The van der Waals surface area contributed by atoms with Crippen molar-refractivity contribution in [1.82, 2.24) is 9.97 Å². The van der Waals surface area contributed by atoms with E-state index >= 15 is 0 Å². The van der Waals surface area contributed by atoms with E-state index in [4.69, 9.17) is 4.98 Å². The van der Waals surface area contributed by atoms with Gasteiger partial charge in [-0.1, -0.05) is 48.5 Å². The highest BCUT2D eigenvalue weighted by molar-refractivity contribution is 5.93. The molecule has 0 radical (unpaired) electrons. The maximum atomic E-state index is 13.2. The van der Waals surface area contributed by atoms with Crippen molar-refractivity contribution < 1.29 is 4.39 Å². The van der Waals surface area contributed by atoms with Crippen LogP contribution in [0.25, 0.3) is 33.5 Å². The molecule has 0 unspecified atom stereocenters. The Bertz CT molecular complexity index is 964. The SMILES string of the molecule is Fc1ccc(-c2nc(-c3ccccc3)c3ccccc3n2)cc1. The van der Waals surface area contributed by atoms with Gasteiger partial charge in [-0.15, -0.1) is 0 Å². The molecule has 0 spiro atoms. The number of benzene rings is 3. The van der Waals surface area contributed by atoms with Crippen LogP contribution in [0.4, 0.5) is 4.39 Å². The molecule has 3 heteroatoms. The summed E-state index contributed by atoms with van der Waals surface area (Å²) in [4.78, 5) is 9.37. The molecule has 23 heavy (non-hydrogen) atoms. The fourth-order valence-corrected chi connectivity index (χ4v) is 2.62. The van der Waals surface area contributed by atoms with Crippen LogP contribution in [-0.2, 0) is 0 Å². The zero-order valence-corrected chi connectivity index (χ0v) is 12.3. The van der Waals surface area contributed by atoms with E-state index in [0.717, 1.165) is 27.7 Å². The van der Waals surface area contributed by atoms with Crippen molar-refractivity contribution in [3.63, 3.8) is 0 Å². The van der Waals surface area contributed by atoms with E-state index in [1.807, 2.05) is 54.6 Å². The fourth-order valence-electron chi connectivity index (χ4n) is 2.62. The third kappa shape index (κ3) is 2.57. The zero-order chi connectivity index (χ0) is 15.6. The van der Waals surface area contributed by atoms with Crippen molar-refractivity contribution in [3.8, 4) is 22.6 Å². The topological polar surface area (TPSA) is 25.8 Å². The van der Waals surface area contributed by atoms with Crippen molar-refractivity contribution in [2.75, 3.05) is 0 Å². The third-order valence-electron chi connectivity index (χ3n) is 3.75. The van der Waals surface area contributed by atoms with Gasteiger partial charge in [-0.2, -0.15) is 0 Å². The summed E-state index contributed by atoms with van der Waals surface area (Å²) in [6, 6.07) is 24.2. The standard InChI is InChI=1S/C20H13FN2/c21-16-12-10-15(11-13-16)20-22-18-9-5-4-8-17(18)19(23-20)14-6-2-1-3-7-14/h1-13H. The highest BCUT2D eigenvalue weighted by Crippen LogP contribution is 2.28. The van der Waals surface area contributed by atoms with Crippen LogP contribution in [0.5, 0.6) is 0 Å². The molecule has 0 amide bonds. The Morgan fingerprint density at radius 3 is 2.09 bits per heavy atom. The molecule has 0 N–H and O–H groups in total. The maximum Gasteiger partial charge on any atom is 0.160 e. The van der Waals surface area contributed by atoms with Crippen LogP contribution in [0.1, 0.15) is 0 Å². The lowest BCUT2D eigenvalue weighted by atomic mass is 10.1. The van der Waals surface area contributed by atoms with Gasteiger partial charge < -0.3 is 0 Å². The second kappa shape index (κ2) is 5.61. The first-order valence-corrected chi connectivity index (χ1v) is 7.39. The molecule has 0 fully saturated rings. The van der Waals surface area contributed by atoms with E-state index in [-0.39, 0.29) is 5.82 Å². The van der Waals surface area contributed by atoms with Gasteiger partial charge in [0, 0.05) is 16.5 Å². The highest BCUT2D eigenvalue weighted by Gasteiger charge is 2.10. The van der Waals surface area contributed by atoms with Gasteiger partial charge in [0.25, 0.3) is 0 Å². The second-order valence-electron chi connectivity index (χ2n) is 5.29. The molecule has 0 bridgehead atoms. The number of aromatic nitrogens is 2. The van der Waals surface area contributed by atoms with Crippen molar-refractivity contribution in [3.05, 3.63) is 84.7 Å². The van der Waals surface area contributed by atoms with Gasteiger partial charge in [0.1, 0.15) is 5.82 Å². The van der Waals surface area contributed by atoms with Crippen LogP contribution < -0.4 is 0 Å². The molecule has 0 saturated carbocycles. The number of nitrogens with zero attached hydrogens (tertiary/aromatic N) is 2. The van der Waals surface area contributed by atoms with Gasteiger partial charge in [-0.3, -0.25) is 0 Å². The Labute approximate surface area is 133 Å². The van der Waals surface area contributed by atoms with E-state index in [1.165, 1.54) is 12.1 Å². The Morgan fingerprint density at radius 2 is 1.30 bits per heavy atom. The summed E-state index contributed by atoms with van der Waals surface area (Å²) >= 11 is 0. The molecule has 110 valence electrons. The molecule has 1 heterocycles. The summed E-state index contributed by atoms with van der Waals surface area (Å²) in [6.07, 6.45) is 0. The van der Waals surface area contributed by atoms with Crippen LogP contribution in [0.3, 0.4) is 0 Å². The van der Waals surface area contributed by atoms with Crippen molar-refractivity contribution in [1.29, 1.82) is 0 Å². The lowest BCUT2D eigenvalue weighted by molar-refractivity contribution is 0.628. The largest absolute Gasteiger partial charge is 0.228 e. The molecule has 4 rings (SSSR count). The molecule has 1 aromatic heterocycles. The van der Waals surface area contributed by atoms with Crippen molar-refractivity contribution >= 4 is 10.9 Å². The summed E-state index contributed by atoms with van der Waals surface area (Å²) in [6.45, 7) is 0. The first kappa shape index (κ1) is 13.6. The van der Waals surface area contributed by atoms with Gasteiger partial charge >= 0.3 is 0 Å². The van der Waals surface area contributed by atoms with Crippen LogP contribution in [0, 0.1) is 5.82 Å². The summed E-state index contributed by atoms with van der Waals surface area (Å²) in [5, 5.41) is 1.00. The van der Waals surface area contributed by atoms with Gasteiger partial charge in [0.05, 0.1) is 11.2 Å². The van der Waals surface area contributed by atoms with Crippen molar-refractivity contribution in [2.45, 2.75) is 0 Å². The molecule has 0 atom stereocenters. The second-order valence-corrected chi connectivity index (χ2v) is 5.29. The molecular formula is C20H13FN2. The number of halogens is 1. The monoisotopic (exact) mass is 300 g/mol. The van der Waals surface area contributed by atoms with Crippen LogP contribution in [0.2, 0.25) is 0 Å². The van der Waals surface area contributed by atoms with Gasteiger partial charge in [-0.25, -0.2) is 14.4 Å². The maximum absolute atomic E-state index is 13.2. The summed E-state index contributed by atoms with van der Waals surface area (Å²) in [5.74, 6) is 0.334. The number of fused-ring (bicyclic) bond motifs is 1. The number of para-hydroxylation sites is 1. The Balaban J connectivity index is 1.99. The molecule has 0 aliphatic rings. The molecule has 3 aromatic carbocycles. The summed E-state index contributed by atoms with van der Waals surface area (Å²) in [7, 11) is 0. The van der Waals surface area contributed by atoms with Crippen molar-refractivity contribution in [2.24, 2.45) is 0 Å². The predicted molar refractivity (Wildman–Crippen MR) is 90.4 cm³/mol. The normalized spacial score (nSPS) is 10.8. The lowest BCUT2D eigenvalue weighted by Crippen LogP contribution is -1.95. The molecule has 0 aliphatic heterocycles. The average molecular weight is 300 g/mol. The minimum Gasteiger partial charge on any atom is -0.228 e. The number of rotatable bonds is 2. The van der Waals surface area contributed by atoms with E-state index in [0.29, 0.717) is 5.82 Å². The van der Waals surface area contributed by atoms with Crippen LogP contribution in [0.15, 0.2) is 78.9 Å². The highest BCUT2D eigenvalue weighted by atomic mass is 19.1. The van der Waals surface area contributed by atoms with E-state index < -0.39 is 0 Å². The third-order valence-corrected chi connectivity index (χ3v) is 3.75. The lowest BCUT2D eigenvalue weighted by Gasteiger charge is -2.09. The Morgan fingerprint density at radius 1 is 0.609 bits per heavy atom. The van der Waals surface area contributed by atoms with E-state index in [1.54, 1.807) is 12.1 Å².